The van der Waals surface area contributed by atoms with Crippen LogP contribution in [0.3, 0.4) is 0 Å². The standard InChI is InChI=1S/C8H15NO/c1-4-8(10)7(2)5-6-9-3/h9H,2,4-6H2,1,3H3. The van der Waals surface area contributed by atoms with Crippen LogP contribution in [0, 0.1) is 0 Å². The fourth-order valence-electron chi connectivity index (χ4n) is 0.665. The number of nitrogens with one attached hydrogen (secondary N) is 1. The largest absolute Gasteiger partial charge is 0.319 e. The number of carbonyl (C=O) groups is 1. The van der Waals surface area contributed by atoms with Gasteiger partial charge in [-0.25, -0.2) is 0 Å². The normalized spacial score (nSPS) is 9.40. The molecular weight excluding hydrogens is 126 g/mol. The average Bonchev–Trinajstić information content (AvgIpc) is 1.98. The Morgan fingerprint density at radius 3 is 2.60 bits per heavy atom. The van der Waals surface area contributed by atoms with E-state index in [1.165, 1.54) is 0 Å². The van der Waals surface area contributed by atoms with E-state index in [1.807, 2.05) is 14.0 Å². The minimum absolute atomic E-state index is 0.176. The quantitative estimate of drug-likeness (QED) is 0.581. The summed E-state index contributed by atoms with van der Waals surface area (Å²) in [5.41, 5.74) is 0.733. The van der Waals surface area contributed by atoms with Crippen LogP contribution >= 0.6 is 0 Å². The van der Waals surface area contributed by atoms with Crippen molar-refractivity contribution in [1.29, 1.82) is 0 Å². The molecule has 2 heteroatoms. The van der Waals surface area contributed by atoms with E-state index in [2.05, 4.69) is 11.9 Å². The topological polar surface area (TPSA) is 29.1 Å². The lowest BCUT2D eigenvalue weighted by molar-refractivity contribution is -0.115. The van der Waals surface area contributed by atoms with E-state index in [-0.39, 0.29) is 5.78 Å². The first-order valence-electron chi connectivity index (χ1n) is 3.58. The molecule has 0 saturated heterocycles. The van der Waals surface area contributed by atoms with Crippen molar-refractivity contribution in [3.63, 3.8) is 0 Å². The molecule has 0 bridgehead atoms. The van der Waals surface area contributed by atoms with Gasteiger partial charge in [0.25, 0.3) is 0 Å². The Kier molecular flexibility index (Phi) is 4.85. The van der Waals surface area contributed by atoms with Gasteiger partial charge in [-0.05, 0) is 25.6 Å². The molecule has 0 spiro atoms. The maximum atomic E-state index is 10.9. The van der Waals surface area contributed by atoms with Crippen molar-refractivity contribution in [2.45, 2.75) is 19.8 Å². The molecule has 0 aromatic rings. The van der Waals surface area contributed by atoms with Gasteiger partial charge in [0.15, 0.2) is 5.78 Å². The summed E-state index contributed by atoms with van der Waals surface area (Å²) in [7, 11) is 1.86. The molecule has 10 heavy (non-hydrogen) atoms. The third-order valence-electron chi connectivity index (χ3n) is 1.39. The monoisotopic (exact) mass is 141 g/mol. The fraction of sp³-hybridized carbons (Fsp3) is 0.625. The molecule has 0 aliphatic heterocycles. The lowest BCUT2D eigenvalue weighted by Gasteiger charge is -2.00. The Hall–Kier alpha value is -0.630. The number of hydrogen-bond acceptors (Lipinski definition) is 2. The SMILES string of the molecule is C=C(CCNC)C(=O)CC. The summed E-state index contributed by atoms with van der Waals surface area (Å²) in [6.45, 7) is 6.37. The van der Waals surface area contributed by atoms with E-state index < -0.39 is 0 Å². The number of rotatable bonds is 5. The zero-order valence-electron chi connectivity index (χ0n) is 6.74. The minimum Gasteiger partial charge on any atom is -0.319 e. The third kappa shape index (κ3) is 3.41. The van der Waals surface area contributed by atoms with Crippen LogP contribution in [-0.4, -0.2) is 19.4 Å². The molecule has 0 amide bonds. The first kappa shape index (κ1) is 9.37. The Labute approximate surface area is 62.3 Å². The van der Waals surface area contributed by atoms with Crippen LogP contribution < -0.4 is 5.32 Å². The molecule has 0 unspecified atom stereocenters. The van der Waals surface area contributed by atoms with E-state index in [4.69, 9.17) is 0 Å². The Bertz CT molecular complexity index is 129. The van der Waals surface area contributed by atoms with Crippen molar-refractivity contribution < 1.29 is 4.79 Å². The summed E-state index contributed by atoms with van der Waals surface area (Å²) in [6.07, 6.45) is 1.34. The van der Waals surface area contributed by atoms with Gasteiger partial charge in [0, 0.05) is 6.42 Å². The molecule has 58 valence electrons. The summed E-state index contributed by atoms with van der Waals surface area (Å²) in [4.78, 5) is 10.9. The van der Waals surface area contributed by atoms with Crippen molar-refractivity contribution in [3.8, 4) is 0 Å². The van der Waals surface area contributed by atoms with Crippen molar-refractivity contribution in [1.82, 2.24) is 5.32 Å². The Morgan fingerprint density at radius 1 is 1.60 bits per heavy atom. The molecule has 0 aliphatic rings. The first-order valence-corrected chi connectivity index (χ1v) is 3.58. The van der Waals surface area contributed by atoms with Crippen LogP contribution in [0.5, 0.6) is 0 Å². The Balaban J connectivity index is 3.52. The summed E-state index contributed by atoms with van der Waals surface area (Å²) in [6, 6.07) is 0. The van der Waals surface area contributed by atoms with Crippen LogP contribution in [0.1, 0.15) is 19.8 Å². The van der Waals surface area contributed by atoms with Crippen molar-refractivity contribution >= 4 is 5.78 Å². The number of hydrogen-bond donors (Lipinski definition) is 1. The molecule has 1 N–H and O–H groups in total. The van der Waals surface area contributed by atoms with E-state index in [0.717, 1.165) is 18.5 Å². The number of ketones is 1. The van der Waals surface area contributed by atoms with Gasteiger partial charge in [-0.15, -0.1) is 0 Å². The van der Waals surface area contributed by atoms with Crippen LogP contribution in [0.2, 0.25) is 0 Å². The molecule has 0 heterocycles. The lowest BCUT2D eigenvalue weighted by atomic mass is 10.1. The van der Waals surface area contributed by atoms with Gasteiger partial charge in [-0.2, -0.15) is 0 Å². The summed E-state index contributed by atoms with van der Waals surface area (Å²) in [5.74, 6) is 0.176. The molecule has 0 saturated carbocycles. The zero-order valence-corrected chi connectivity index (χ0v) is 6.74. The van der Waals surface area contributed by atoms with E-state index in [1.54, 1.807) is 0 Å². The van der Waals surface area contributed by atoms with Crippen LogP contribution in [-0.2, 0) is 4.79 Å². The molecule has 0 atom stereocenters. The highest BCUT2D eigenvalue weighted by molar-refractivity contribution is 5.94. The van der Waals surface area contributed by atoms with E-state index in [0.29, 0.717) is 6.42 Å². The van der Waals surface area contributed by atoms with Crippen molar-refractivity contribution in [2.24, 2.45) is 0 Å². The lowest BCUT2D eigenvalue weighted by Crippen LogP contribution is -2.11. The van der Waals surface area contributed by atoms with Gasteiger partial charge in [0.05, 0.1) is 0 Å². The van der Waals surface area contributed by atoms with Crippen molar-refractivity contribution in [2.75, 3.05) is 13.6 Å². The van der Waals surface area contributed by atoms with E-state index in [9.17, 15) is 4.79 Å². The van der Waals surface area contributed by atoms with Gasteiger partial charge in [-0.3, -0.25) is 4.79 Å². The van der Waals surface area contributed by atoms with E-state index >= 15 is 0 Å². The maximum absolute atomic E-state index is 10.9. The Morgan fingerprint density at radius 2 is 2.20 bits per heavy atom. The van der Waals surface area contributed by atoms with Gasteiger partial charge in [-0.1, -0.05) is 13.5 Å². The maximum Gasteiger partial charge on any atom is 0.158 e. The molecule has 0 aliphatic carbocycles. The van der Waals surface area contributed by atoms with Crippen molar-refractivity contribution in [3.05, 3.63) is 12.2 Å². The summed E-state index contributed by atoms with van der Waals surface area (Å²) >= 11 is 0. The van der Waals surface area contributed by atoms with Gasteiger partial charge in [0.2, 0.25) is 0 Å². The van der Waals surface area contributed by atoms with Gasteiger partial charge < -0.3 is 5.32 Å². The second kappa shape index (κ2) is 5.18. The second-order valence-corrected chi connectivity index (χ2v) is 2.23. The third-order valence-corrected chi connectivity index (χ3v) is 1.39. The van der Waals surface area contributed by atoms with Crippen LogP contribution in [0.15, 0.2) is 12.2 Å². The molecule has 0 aromatic heterocycles. The number of Topliss-reactive ketones (excluding diaryl/α,β-unsaturated/α-hetero) is 1. The highest BCUT2D eigenvalue weighted by atomic mass is 16.1. The predicted octanol–water partition coefficient (Wildman–Crippen LogP) is 1.13. The average molecular weight is 141 g/mol. The molecule has 0 aromatic carbocycles. The summed E-state index contributed by atoms with van der Waals surface area (Å²) in [5, 5.41) is 2.96. The molecule has 0 fully saturated rings. The molecule has 0 rings (SSSR count). The highest BCUT2D eigenvalue weighted by Crippen LogP contribution is 2.00. The van der Waals surface area contributed by atoms with Gasteiger partial charge in [0.1, 0.15) is 0 Å². The van der Waals surface area contributed by atoms with Crippen LogP contribution in [0.4, 0.5) is 0 Å². The predicted molar refractivity (Wildman–Crippen MR) is 43.0 cm³/mol. The molecule has 0 radical (unpaired) electrons. The molecular formula is C8H15NO. The first-order chi connectivity index (χ1) is 4.72. The fourth-order valence-corrected chi connectivity index (χ4v) is 0.665. The van der Waals surface area contributed by atoms with Crippen LogP contribution in [0.25, 0.3) is 0 Å². The zero-order chi connectivity index (χ0) is 7.98. The van der Waals surface area contributed by atoms with Gasteiger partial charge >= 0.3 is 0 Å². The minimum atomic E-state index is 0.176. The smallest absolute Gasteiger partial charge is 0.158 e. The summed E-state index contributed by atoms with van der Waals surface area (Å²) < 4.78 is 0. The molecule has 2 nitrogen and oxygen atoms in total. The second-order valence-electron chi connectivity index (χ2n) is 2.23. The number of carbonyl (C=O) groups excluding carboxylic acids is 1. The highest BCUT2D eigenvalue weighted by Gasteiger charge is 2.01.